The van der Waals surface area contributed by atoms with E-state index in [9.17, 15) is 0 Å². The van der Waals surface area contributed by atoms with Gasteiger partial charge in [0.05, 0.1) is 0 Å². The molecule has 0 heterocycles. The van der Waals surface area contributed by atoms with Gasteiger partial charge in [-0.25, -0.2) is 0 Å². The average molecular weight is 177 g/mol. The first-order valence-electron chi connectivity index (χ1n) is 0.606. The Hall–Kier alpha value is 2.01. The van der Waals surface area contributed by atoms with E-state index in [1.807, 2.05) is 0 Å². The van der Waals surface area contributed by atoms with Crippen molar-refractivity contribution < 1.29 is 75.4 Å². The monoisotopic (exact) mass is 177 g/mol. The van der Waals surface area contributed by atoms with Crippen molar-refractivity contribution in [2.75, 3.05) is 0 Å². The maximum atomic E-state index is 8.90. The summed E-state index contributed by atoms with van der Waals surface area (Å²) in [6.45, 7) is 0. The van der Waals surface area contributed by atoms with Gasteiger partial charge in [0.2, 0.25) is 0 Å². The molecule has 3 nitrogen and oxygen atoms in total. The van der Waals surface area contributed by atoms with Gasteiger partial charge in [-0.15, -0.1) is 0 Å². The predicted molar refractivity (Wildman–Crippen MR) is 7.23 cm³/mol. The van der Waals surface area contributed by atoms with E-state index in [0.29, 0.717) is 0 Å². The van der Waals surface area contributed by atoms with Gasteiger partial charge in [-0.05, 0) is 0 Å². The minimum atomic E-state index is -4.90. The second kappa shape index (κ2) is 3.94. The Morgan fingerprint density at radius 2 is 1.50 bits per heavy atom. The third kappa shape index (κ3) is 37.4. The minimum absolute atomic E-state index is 0. The van der Waals surface area contributed by atoms with Crippen molar-refractivity contribution in [2.45, 2.75) is 0 Å². The molecule has 0 aromatic rings. The molecule has 0 saturated heterocycles. The van der Waals surface area contributed by atoms with Crippen molar-refractivity contribution >= 4 is 10.1 Å². The van der Waals surface area contributed by atoms with Gasteiger partial charge in [-0.1, -0.05) is 0 Å². The molecule has 0 saturated carbocycles. The summed E-state index contributed by atoms with van der Waals surface area (Å²) in [5, 5.41) is 0. The zero-order valence-electron chi connectivity index (χ0n) is 2.98. The number of halogens is 1. The fourth-order valence-electron chi connectivity index (χ4n) is 0. The Labute approximate surface area is 83.7 Å². The van der Waals surface area contributed by atoms with Gasteiger partial charge < -0.3 is 0 Å². The zero-order valence-corrected chi connectivity index (χ0v) is 8.04. The van der Waals surface area contributed by atoms with Crippen LogP contribution in [-0.2, 0) is 19.8 Å². The van der Waals surface area contributed by atoms with Crippen LogP contribution in [0.25, 0.3) is 0 Å². The quantitative estimate of drug-likeness (QED) is 0.358. The molecule has 0 unspecified atom stereocenters. The van der Waals surface area contributed by atoms with Crippen LogP contribution in [0, 0.1) is 0 Å². The van der Waals surface area contributed by atoms with Gasteiger partial charge in [-0.2, -0.15) is 0 Å². The summed E-state index contributed by atoms with van der Waals surface area (Å²) in [4.78, 5) is 0. The van der Waals surface area contributed by atoms with Crippen molar-refractivity contribution in [2.24, 2.45) is 0 Å². The molecule has 6 heavy (non-hydrogen) atoms. The van der Waals surface area contributed by atoms with Gasteiger partial charge in [-0.3, -0.25) is 0 Å². The Morgan fingerprint density at radius 1 is 1.50 bits per heavy atom. The topological polar surface area (TPSA) is 57.2 Å². The molecule has 0 amide bonds. The third-order valence-corrected chi connectivity index (χ3v) is 0. The maximum absolute atomic E-state index is 8.90. The Bertz CT molecular complexity index is 94.0. The molecule has 0 rings (SSSR count). The second-order valence-electron chi connectivity index (χ2n) is 0.364. The van der Waals surface area contributed by atoms with Crippen LogP contribution in [0.15, 0.2) is 0 Å². The number of hydrogen-bond acceptors (Lipinski definition) is 3. The van der Waals surface area contributed by atoms with E-state index >= 15 is 0 Å². The first kappa shape index (κ1) is 10.9. The van der Waals surface area contributed by atoms with Crippen molar-refractivity contribution in [3.8, 4) is 0 Å². The number of hydrogen-bond donors (Lipinski definition) is 0. The van der Waals surface area contributed by atoms with Crippen LogP contribution in [0.2, 0.25) is 0 Å². The van der Waals surface area contributed by atoms with Crippen LogP contribution in [0.5, 0.6) is 0 Å². The van der Waals surface area contributed by atoms with Crippen LogP contribution < -0.4 is 55.6 Å². The van der Waals surface area contributed by atoms with Gasteiger partial charge in [0.25, 0.3) is 0 Å². The second-order valence-corrected chi connectivity index (χ2v) is 2.94. The fraction of sp³-hybridized carbons (Fsp3) is 0. The van der Waals surface area contributed by atoms with E-state index in [1.165, 1.54) is 0 Å². The Morgan fingerprint density at radius 3 is 1.50 bits per heavy atom. The summed E-state index contributed by atoms with van der Waals surface area (Å²) < 4.78 is 26.7. The molecule has 6 heteroatoms. The molecule has 33 valence electrons. The van der Waals surface area contributed by atoms with Crippen molar-refractivity contribution in [1.82, 2.24) is 0 Å². The fourth-order valence-corrected chi connectivity index (χ4v) is 0. The summed E-state index contributed by atoms with van der Waals surface area (Å²) in [5.74, 6) is 0. The van der Waals surface area contributed by atoms with E-state index in [-0.39, 0.29) is 51.4 Å². The summed E-state index contributed by atoms with van der Waals surface area (Å²) in [6.07, 6.45) is 0. The molecule has 0 aliphatic rings. The van der Waals surface area contributed by atoms with E-state index in [4.69, 9.17) is 11.9 Å². The van der Waals surface area contributed by atoms with Crippen LogP contribution >= 0.6 is 10.1 Å². The molecule has 0 fully saturated rings. The Balaban J connectivity index is 0. The third-order valence-electron chi connectivity index (χ3n) is 0. The van der Waals surface area contributed by atoms with Crippen LogP contribution in [0.4, 0.5) is 0 Å². The molecule has 0 bridgehead atoms. The molecule has 0 N–H and O–H groups in total. The molecule has 0 spiro atoms. The zero-order chi connectivity index (χ0) is 4.50. The molecule has 0 atom stereocenters. The first-order chi connectivity index (χ1) is 2.00. The predicted octanol–water partition coefficient (Wildman–Crippen LogP) is -3.74. The summed E-state index contributed by atoms with van der Waals surface area (Å²) in [5.41, 5.74) is 0. The van der Waals surface area contributed by atoms with Crippen LogP contribution in [0.3, 0.4) is 0 Å². The molecule has 0 aromatic carbocycles. The van der Waals surface area contributed by atoms with Crippen molar-refractivity contribution in [3.05, 3.63) is 0 Å². The SMILES string of the molecule is [K+].[O]=[Mn](=[O])([O-])[Cl]. The van der Waals surface area contributed by atoms with Crippen molar-refractivity contribution in [3.63, 3.8) is 0 Å². The summed E-state index contributed by atoms with van der Waals surface area (Å²) in [7, 11) is 4.00. The van der Waals surface area contributed by atoms with Gasteiger partial charge in [0.1, 0.15) is 0 Å². The normalized spacial score (nSPS) is 9.67. The molecular weight excluding hydrogens is 177 g/mol. The van der Waals surface area contributed by atoms with Crippen LogP contribution in [-0.4, -0.2) is 0 Å². The molecule has 0 aliphatic heterocycles. The molecule has 0 aromatic heterocycles. The van der Waals surface area contributed by atoms with Gasteiger partial charge in [0, 0.05) is 0 Å². The van der Waals surface area contributed by atoms with E-state index < -0.39 is 12.1 Å². The molecular formula is ClKMnO3. The molecule has 0 aliphatic carbocycles. The van der Waals surface area contributed by atoms with Gasteiger partial charge >= 0.3 is 85.5 Å². The van der Waals surface area contributed by atoms with Crippen LogP contribution in [0.1, 0.15) is 0 Å². The standard InChI is InChI=1S/ClH.K.Mn.3O/h1H;;;;;/q;2*+1;;;-1/p-1. The first-order valence-corrected chi connectivity index (χ1v) is 3.68. The van der Waals surface area contributed by atoms with Gasteiger partial charge in [0.15, 0.2) is 0 Å². The van der Waals surface area contributed by atoms with E-state index in [2.05, 4.69) is 10.1 Å². The van der Waals surface area contributed by atoms with E-state index in [0.717, 1.165) is 0 Å². The molecule has 0 radical (unpaired) electrons. The average Bonchev–Trinajstić information content (AvgIpc) is 0.722. The Kier molecular flexibility index (Phi) is 7.16. The summed E-state index contributed by atoms with van der Waals surface area (Å²) in [6, 6.07) is 0. The van der Waals surface area contributed by atoms with E-state index in [1.54, 1.807) is 0 Å². The van der Waals surface area contributed by atoms with Crippen molar-refractivity contribution in [1.29, 1.82) is 0 Å². The summed E-state index contributed by atoms with van der Waals surface area (Å²) >= 11 is -4.90. The number of rotatable bonds is 0.